The molecule has 0 spiro atoms. The molecule has 2 amide bonds. The Morgan fingerprint density at radius 2 is 1.70 bits per heavy atom. The first-order valence-electron chi connectivity index (χ1n) is 19.9. The summed E-state index contributed by atoms with van der Waals surface area (Å²) >= 11 is 0. The Bertz CT molecular complexity index is 2340. The number of benzene rings is 2. The van der Waals surface area contributed by atoms with Gasteiger partial charge in [-0.25, -0.2) is 9.52 Å². The van der Waals surface area contributed by atoms with Crippen LogP contribution < -0.4 is 9.46 Å². The summed E-state index contributed by atoms with van der Waals surface area (Å²) in [6.07, 6.45) is 9.38. The summed E-state index contributed by atoms with van der Waals surface area (Å²) in [4.78, 5) is 30.1. The van der Waals surface area contributed by atoms with Crippen LogP contribution >= 0.6 is 0 Å². The van der Waals surface area contributed by atoms with Gasteiger partial charge in [-0.05, 0) is 78.8 Å². The Hall–Kier alpha value is -5.12. The second-order valence-corrected chi connectivity index (χ2v) is 16.8. The summed E-state index contributed by atoms with van der Waals surface area (Å²) in [6, 6.07) is 11.8. The number of methoxy groups -OCH3 is 1. The molecular formula is C42H51N7O7S. The van der Waals surface area contributed by atoms with E-state index >= 15 is 0 Å². The van der Waals surface area contributed by atoms with Crippen LogP contribution in [-0.2, 0) is 33.3 Å². The molecule has 0 radical (unpaired) electrons. The van der Waals surface area contributed by atoms with Crippen molar-refractivity contribution in [2.75, 3.05) is 66.2 Å². The predicted octanol–water partition coefficient (Wildman–Crippen LogP) is 5.70. The van der Waals surface area contributed by atoms with E-state index in [1.807, 2.05) is 43.0 Å². The van der Waals surface area contributed by atoms with Gasteiger partial charge in [0, 0.05) is 79.6 Å². The number of amides is 2. The van der Waals surface area contributed by atoms with Crippen LogP contribution in [0.4, 0.5) is 4.79 Å². The Kier molecular flexibility index (Phi) is 10.9. The molecule has 2 aromatic heterocycles. The van der Waals surface area contributed by atoms with E-state index < -0.39 is 16.1 Å². The first-order chi connectivity index (χ1) is 27.6. The van der Waals surface area contributed by atoms with E-state index in [9.17, 15) is 18.0 Å². The summed E-state index contributed by atoms with van der Waals surface area (Å²) in [6.45, 7) is 10.3. The zero-order valence-corrected chi connectivity index (χ0v) is 33.8. The van der Waals surface area contributed by atoms with Gasteiger partial charge in [-0.15, -0.1) is 0 Å². The summed E-state index contributed by atoms with van der Waals surface area (Å²) in [5, 5.41) is 5.81. The number of nitrogens with one attached hydrogen (secondary N) is 1. The number of rotatable bonds is 9. The molecule has 14 nitrogen and oxygen atoms in total. The third kappa shape index (κ3) is 7.43. The number of allylic oxidation sites excluding steroid dienone is 1. The van der Waals surface area contributed by atoms with E-state index in [1.165, 1.54) is 16.3 Å². The lowest BCUT2D eigenvalue weighted by atomic mass is 9.81. The predicted molar refractivity (Wildman–Crippen MR) is 219 cm³/mol. The van der Waals surface area contributed by atoms with Crippen molar-refractivity contribution in [1.82, 2.24) is 33.2 Å². The second-order valence-electron chi connectivity index (χ2n) is 15.1. The van der Waals surface area contributed by atoms with E-state index in [2.05, 4.69) is 39.0 Å². The lowest BCUT2D eigenvalue weighted by molar-refractivity contribution is 0.0719. The number of aryl methyl sites for hydroxylation is 1. The first-order valence-corrected chi connectivity index (χ1v) is 21.3. The molecule has 3 aliphatic heterocycles. The molecule has 4 aliphatic rings. The van der Waals surface area contributed by atoms with Gasteiger partial charge in [-0.2, -0.15) is 17.8 Å². The van der Waals surface area contributed by atoms with Crippen LogP contribution in [0.25, 0.3) is 39.5 Å². The molecule has 0 atom stereocenters. The molecule has 2 saturated heterocycles. The Balaban J connectivity index is 1.23. The van der Waals surface area contributed by atoms with Gasteiger partial charge in [-0.1, -0.05) is 31.9 Å². The highest BCUT2D eigenvalue weighted by atomic mass is 32.2. The largest absolute Gasteiger partial charge is 0.497 e. The highest BCUT2D eigenvalue weighted by molar-refractivity contribution is 7.87. The molecule has 1 N–H and O–H groups in total. The first kappa shape index (κ1) is 38.7. The average Bonchev–Trinajstić information content (AvgIpc) is 3.72. The molecule has 8 rings (SSSR count). The molecular weight excluding hydrogens is 747 g/mol. The molecule has 0 bridgehead atoms. The highest BCUT2D eigenvalue weighted by Crippen LogP contribution is 2.48. The zero-order valence-electron chi connectivity index (χ0n) is 33.0. The van der Waals surface area contributed by atoms with Crippen LogP contribution in [0, 0.1) is 0 Å². The highest BCUT2D eigenvalue weighted by Gasteiger charge is 2.33. The van der Waals surface area contributed by atoms with Crippen LogP contribution in [0.1, 0.15) is 77.7 Å². The van der Waals surface area contributed by atoms with Gasteiger partial charge >= 0.3 is 16.3 Å². The maximum Gasteiger partial charge on any atom is 0.409 e. The monoisotopic (exact) mass is 797 g/mol. The molecule has 5 heterocycles. The maximum absolute atomic E-state index is 13.8. The summed E-state index contributed by atoms with van der Waals surface area (Å²) in [5.74, 6) is 0.374. The van der Waals surface area contributed by atoms with E-state index in [0.29, 0.717) is 45.2 Å². The molecule has 0 unspecified atom stereocenters. The summed E-state index contributed by atoms with van der Waals surface area (Å²) in [5.41, 5.74) is 9.12. The topological polar surface area (TPSA) is 140 Å². The molecule has 2 aromatic carbocycles. The number of piperazine rings is 1. The van der Waals surface area contributed by atoms with Crippen LogP contribution in [0.3, 0.4) is 0 Å². The molecule has 3 fully saturated rings. The smallest absolute Gasteiger partial charge is 0.409 e. The Labute approximate surface area is 333 Å². The van der Waals surface area contributed by atoms with Gasteiger partial charge in [0.25, 0.3) is 5.91 Å². The van der Waals surface area contributed by atoms with E-state index in [4.69, 9.17) is 19.3 Å². The molecule has 302 valence electrons. The maximum atomic E-state index is 13.8. The van der Waals surface area contributed by atoms with Crippen molar-refractivity contribution >= 4 is 50.5 Å². The van der Waals surface area contributed by atoms with Crippen LogP contribution in [0.2, 0.25) is 0 Å². The second kappa shape index (κ2) is 16.0. The molecule has 15 heteroatoms. The third-order valence-corrected chi connectivity index (χ3v) is 13.3. The number of hydrogen-bond acceptors (Lipinski definition) is 9. The number of aromatic nitrogens is 3. The van der Waals surface area contributed by atoms with Crippen molar-refractivity contribution in [2.24, 2.45) is 7.05 Å². The lowest BCUT2D eigenvalue weighted by Crippen LogP contribution is -2.48. The normalized spacial score (nSPS) is 18.1. The van der Waals surface area contributed by atoms with Gasteiger partial charge in [0.1, 0.15) is 5.75 Å². The van der Waals surface area contributed by atoms with E-state index in [1.54, 1.807) is 18.1 Å². The van der Waals surface area contributed by atoms with Crippen molar-refractivity contribution in [3.63, 3.8) is 0 Å². The fourth-order valence-electron chi connectivity index (χ4n) is 8.93. The van der Waals surface area contributed by atoms with Crippen molar-refractivity contribution in [3.05, 3.63) is 77.1 Å². The quantitative estimate of drug-likeness (QED) is 0.226. The molecule has 1 aliphatic carbocycles. The number of carbonyl (C=O) groups is 2. The number of carbonyl (C=O) groups excluding carboxylic acids is 2. The fourth-order valence-corrected chi connectivity index (χ4v) is 10.0. The number of hydrogen-bond donors (Lipinski definition) is 1. The minimum Gasteiger partial charge on any atom is -0.497 e. The minimum atomic E-state index is -4.06. The minimum absolute atomic E-state index is 0.185. The van der Waals surface area contributed by atoms with Crippen molar-refractivity contribution < 1.29 is 32.2 Å². The SMILES string of the molecule is C=C(c1cnn(C)c1C1=Cc2cc(OC)ccc2-c2c(C3CCCCC3)c3ccc(C(=O)NS(=O)(=O)N4CCOCC4)cc3n2C1)N1CCN(C(=O)OCC)CC1. The van der Waals surface area contributed by atoms with Crippen LogP contribution in [0.5, 0.6) is 5.75 Å². The van der Waals surface area contributed by atoms with Gasteiger partial charge in [0.2, 0.25) is 0 Å². The summed E-state index contributed by atoms with van der Waals surface area (Å²) in [7, 11) is -0.459. The number of morpholine rings is 1. The van der Waals surface area contributed by atoms with Crippen molar-refractivity contribution in [2.45, 2.75) is 51.5 Å². The third-order valence-electron chi connectivity index (χ3n) is 11.8. The van der Waals surface area contributed by atoms with Gasteiger partial charge in [-0.3, -0.25) is 9.48 Å². The summed E-state index contributed by atoms with van der Waals surface area (Å²) < 4.78 is 50.6. The Morgan fingerprint density at radius 3 is 2.42 bits per heavy atom. The number of ether oxygens (including phenoxy) is 3. The average molecular weight is 798 g/mol. The van der Waals surface area contributed by atoms with E-state index in [0.717, 1.165) is 81.7 Å². The van der Waals surface area contributed by atoms with Gasteiger partial charge < -0.3 is 28.6 Å². The fraction of sp³-hybridized carbons (Fsp3) is 0.452. The van der Waals surface area contributed by atoms with Crippen LogP contribution in [0.15, 0.2) is 49.2 Å². The van der Waals surface area contributed by atoms with Gasteiger partial charge in [0.05, 0.1) is 51.1 Å². The van der Waals surface area contributed by atoms with Crippen LogP contribution in [-0.4, -0.2) is 115 Å². The standard InChI is InChI=1S/C42H51N7O7S/c1-5-56-42(51)47-17-15-46(16-18-47)28(2)36-26-43-45(3)39(36)32-23-31-24-33(54-4)12-14-34(31)40-38(29-9-7-6-8-10-29)35-13-11-30(25-37(35)49(40)27-32)41(50)44-57(52,53)48-19-21-55-22-20-48/h11-14,23-26,29H,2,5-10,15-22,27H2,1,3-4H3,(H,44,50). The molecule has 1 saturated carbocycles. The number of fused-ring (bicyclic) bond motifs is 5. The molecule has 57 heavy (non-hydrogen) atoms. The van der Waals surface area contributed by atoms with E-state index in [-0.39, 0.29) is 38.0 Å². The Morgan fingerprint density at radius 1 is 0.965 bits per heavy atom. The van der Waals surface area contributed by atoms with Crippen molar-refractivity contribution in [1.29, 1.82) is 0 Å². The lowest BCUT2D eigenvalue weighted by Gasteiger charge is -2.36. The van der Waals surface area contributed by atoms with Gasteiger partial charge in [0.15, 0.2) is 0 Å². The molecule has 4 aromatic rings. The van der Waals surface area contributed by atoms with Crippen molar-refractivity contribution in [3.8, 4) is 17.0 Å². The zero-order chi connectivity index (χ0) is 39.8. The number of nitrogens with zero attached hydrogens (tertiary/aromatic N) is 6.